The van der Waals surface area contributed by atoms with Crippen LogP contribution in [0.1, 0.15) is 23.4 Å². The molecule has 0 amide bonds. The number of carbonyl (C=O) groups is 1. The number of carboxylic acid groups (broad SMARTS) is 1. The lowest BCUT2D eigenvalue weighted by Crippen LogP contribution is -2.15. The zero-order valence-corrected chi connectivity index (χ0v) is 9.32. The molecule has 0 aliphatic heterocycles. The second-order valence-corrected chi connectivity index (χ2v) is 3.52. The van der Waals surface area contributed by atoms with Crippen LogP contribution >= 0.6 is 0 Å². The minimum Gasteiger partial charge on any atom is -0.481 e. The van der Waals surface area contributed by atoms with Gasteiger partial charge in [0, 0.05) is 6.07 Å². The number of hydrogen-bond acceptors (Lipinski definition) is 4. The molecule has 0 saturated heterocycles. The maximum absolute atomic E-state index is 12.6. The highest BCUT2D eigenvalue weighted by Gasteiger charge is 2.38. The molecule has 0 spiro atoms. The van der Waals surface area contributed by atoms with Gasteiger partial charge in [-0.2, -0.15) is 13.2 Å². The molecule has 110 valence electrons. The van der Waals surface area contributed by atoms with Gasteiger partial charge >= 0.3 is 12.1 Å². The monoisotopic (exact) mass is 300 g/mol. The van der Waals surface area contributed by atoms with Crippen LogP contribution < -0.4 is 0 Å². The SMILES string of the molecule is O=C(O)Cc1c([N+](=O)[O-])cc(C(F)(F)F)nc1C(F)F. The van der Waals surface area contributed by atoms with E-state index in [9.17, 15) is 36.9 Å². The van der Waals surface area contributed by atoms with Crippen molar-refractivity contribution in [2.75, 3.05) is 0 Å². The van der Waals surface area contributed by atoms with Crippen molar-refractivity contribution in [3.8, 4) is 0 Å². The van der Waals surface area contributed by atoms with Gasteiger partial charge < -0.3 is 5.11 Å². The van der Waals surface area contributed by atoms with E-state index in [0.717, 1.165) is 0 Å². The molecule has 0 radical (unpaired) electrons. The molecule has 0 bridgehead atoms. The first-order valence-corrected chi connectivity index (χ1v) is 4.79. The van der Waals surface area contributed by atoms with Crippen molar-refractivity contribution in [2.24, 2.45) is 0 Å². The molecular weight excluding hydrogens is 295 g/mol. The minimum atomic E-state index is -5.17. The van der Waals surface area contributed by atoms with Crippen molar-refractivity contribution in [1.29, 1.82) is 0 Å². The molecule has 0 unspecified atom stereocenters. The largest absolute Gasteiger partial charge is 0.481 e. The van der Waals surface area contributed by atoms with E-state index in [0.29, 0.717) is 0 Å². The maximum Gasteiger partial charge on any atom is 0.433 e. The molecular formula is C9H5F5N2O4. The van der Waals surface area contributed by atoms with Crippen LogP contribution in [-0.4, -0.2) is 21.0 Å². The lowest BCUT2D eigenvalue weighted by molar-refractivity contribution is -0.386. The molecule has 1 rings (SSSR count). The molecule has 1 N–H and O–H groups in total. The quantitative estimate of drug-likeness (QED) is 0.524. The summed E-state index contributed by atoms with van der Waals surface area (Å²) in [5.74, 6) is -1.71. The van der Waals surface area contributed by atoms with Crippen molar-refractivity contribution in [2.45, 2.75) is 19.0 Å². The van der Waals surface area contributed by atoms with E-state index < -0.39 is 52.6 Å². The first-order valence-electron chi connectivity index (χ1n) is 4.79. The van der Waals surface area contributed by atoms with E-state index in [4.69, 9.17) is 5.11 Å². The Balaban J connectivity index is 3.63. The number of hydrogen-bond donors (Lipinski definition) is 1. The number of alkyl halides is 5. The average molecular weight is 300 g/mol. The molecule has 0 aromatic carbocycles. The molecule has 11 heteroatoms. The fourth-order valence-electron chi connectivity index (χ4n) is 1.40. The normalized spacial score (nSPS) is 11.7. The van der Waals surface area contributed by atoms with Crippen LogP contribution in [0.15, 0.2) is 6.07 Å². The van der Waals surface area contributed by atoms with Gasteiger partial charge in [0.05, 0.1) is 16.9 Å². The topological polar surface area (TPSA) is 93.3 Å². The summed E-state index contributed by atoms with van der Waals surface area (Å²) >= 11 is 0. The summed E-state index contributed by atoms with van der Waals surface area (Å²) in [4.78, 5) is 22.3. The predicted molar refractivity (Wildman–Crippen MR) is 52.2 cm³/mol. The summed E-state index contributed by atoms with van der Waals surface area (Å²) in [6, 6.07) is -0.0653. The van der Waals surface area contributed by atoms with Gasteiger partial charge in [0.15, 0.2) is 5.69 Å². The van der Waals surface area contributed by atoms with E-state index >= 15 is 0 Å². The number of halogens is 5. The van der Waals surface area contributed by atoms with E-state index in [1.54, 1.807) is 0 Å². The van der Waals surface area contributed by atoms with Crippen molar-refractivity contribution >= 4 is 11.7 Å². The van der Waals surface area contributed by atoms with Gasteiger partial charge in [0.2, 0.25) is 0 Å². The van der Waals surface area contributed by atoms with E-state index in [1.165, 1.54) is 0 Å². The molecule has 1 aromatic rings. The number of carboxylic acids is 1. The molecule has 6 nitrogen and oxygen atoms in total. The van der Waals surface area contributed by atoms with Crippen LogP contribution in [0.5, 0.6) is 0 Å². The average Bonchev–Trinajstić information content (AvgIpc) is 2.25. The van der Waals surface area contributed by atoms with Crippen LogP contribution in [0.25, 0.3) is 0 Å². The van der Waals surface area contributed by atoms with Crippen LogP contribution in [-0.2, 0) is 17.4 Å². The molecule has 1 aromatic heterocycles. The van der Waals surface area contributed by atoms with Gasteiger partial charge in [0.1, 0.15) is 5.69 Å². The Morgan fingerprint density at radius 3 is 2.35 bits per heavy atom. The predicted octanol–water partition coefficient (Wildman–Crippen LogP) is 2.57. The molecule has 20 heavy (non-hydrogen) atoms. The second kappa shape index (κ2) is 5.35. The molecule has 0 saturated carbocycles. The molecule has 0 atom stereocenters. The maximum atomic E-state index is 12.6. The Morgan fingerprint density at radius 2 is 2.00 bits per heavy atom. The van der Waals surface area contributed by atoms with Crippen molar-refractivity contribution in [3.05, 3.63) is 33.1 Å². The Hall–Kier alpha value is -2.33. The van der Waals surface area contributed by atoms with Crippen molar-refractivity contribution in [3.63, 3.8) is 0 Å². The van der Waals surface area contributed by atoms with E-state index in [-0.39, 0.29) is 6.07 Å². The minimum absolute atomic E-state index is 0.0653. The number of aromatic nitrogens is 1. The van der Waals surface area contributed by atoms with E-state index in [2.05, 4.69) is 4.98 Å². The number of rotatable bonds is 4. The van der Waals surface area contributed by atoms with Crippen LogP contribution in [0.3, 0.4) is 0 Å². The number of pyridine rings is 1. The number of aliphatic carboxylic acids is 1. The lowest BCUT2D eigenvalue weighted by atomic mass is 10.1. The molecule has 0 aliphatic rings. The van der Waals surface area contributed by atoms with Crippen LogP contribution in [0.2, 0.25) is 0 Å². The van der Waals surface area contributed by atoms with Crippen LogP contribution in [0.4, 0.5) is 27.6 Å². The van der Waals surface area contributed by atoms with Crippen LogP contribution in [0, 0.1) is 10.1 Å². The smallest absolute Gasteiger partial charge is 0.433 e. The van der Waals surface area contributed by atoms with Gasteiger partial charge in [-0.25, -0.2) is 13.8 Å². The molecule has 1 heterocycles. The zero-order chi connectivity index (χ0) is 15.7. The standard InChI is InChI=1S/C9H5F5N2O4/c10-8(11)7-3(1-6(17)18)4(16(19)20)2-5(15-7)9(12,13)14/h2,8H,1H2,(H,17,18). The summed E-state index contributed by atoms with van der Waals surface area (Å²) in [5, 5.41) is 19.1. The van der Waals surface area contributed by atoms with Crippen molar-refractivity contribution in [1.82, 2.24) is 4.98 Å². The van der Waals surface area contributed by atoms with Gasteiger partial charge in [-0.05, 0) is 0 Å². The third-order valence-electron chi connectivity index (χ3n) is 2.15. The first-order chi connectivity index (χ1) is 9.04. The van der Waals surface area contributed by atoms with Crippen molar-refractivity contribution < 1.29 is 36.8 Å². The first kappa shape index (κ1) is 15.7. The van der Waals surface area contributed by atoms with Gasteiger partial charge in [-0.3, -0.25) is 14.9 Å². The molecule has 0 aliphatic carbocycles. The van der Waals surface area contributed by atoms with E-state index in [1.807, 2.05) is 0 Å². The third kappa shape index (κ3) is 3.36. The summed E-state index contributed by atoms with van der Waals surface area (Å²) in [6.07, 6.45) is -9.98. The highest BCUT2D eigenvalue weighted by molar-refractivity contribution is 5.72. The summed E-state index contributed by atoms with van der Waals surface area (Å²) in [7, 11) is 0. The highest BCUT2D eigenvalue weighted by atomic mass is 19.4. The third-order valence-corrected chi connectivity index (χ3v) is 2.15. The lowest BCUT2D eigenvalue weighted by Gasteiger charge is -2.11. The number of nitrogens with zero attached hydrogens (tertiary/aromatic N) is 2. The fourth-order valence-corrected chi connectivity index (χ4v) is 1.40. The zero-order valence-electron chi connectivity index (χ0n) is 9.32. The Kier molecular flexibility index (Phi) is 4.20. The van der Waals surface area contributed by atoms with Gasteiger partial charge in [0.25, 0.3) is 12.1 Å². The Labute approximate surface area is 107 Å². The van der Waals surface area contributed by atoms with Gasteiger partial charge in [-0.15, -0.1) is 0 Å². The summed E-state index contributed by atoms with van der Waals surface area (Å²) in [6.45, 7) is 0. The second-order valence-electron chi connectivity index (χ2n) is 3.52. The Bertz CT molecular complexity index is 558. The summed E-state index contributed by atoms with van der Waals surface area (Å²) < 4.78 is 62.6. The Morgan fingerprint density at radius 1 is 1.45 bits per heavy atom. The fraction of sp³-hybridized carbons (Fsp3) is 0.333. The molecule has 0 fully saturated rings. The number of nitro groups is 1. The highest BCUT2D eigenvalue weighted by Crippen LogP contribution is 2.35. The summed E-state index contributed by atoms with van der Waals surface area (Å²) in [5.41, 5.74) is -5.85. The van der Waals surface area contributed by atoms with Gasteiger partial charge in [-0.1, -0.05) is 0 Å².